The molecule has 1 aromatic heterocycles. The molecule has 0 radical (unpaired) electrons. The van der Waals surface area contributed by atoms with Gasteiger partial charge in [-0.25, -0.2) is 4.98 Å². The van der Waals surface area contributed by atoms with Crippen molar-refractivity contribution in [3.8, 4) is 23.0 Å². The van der Waals surface area contributed by atoms with Gasteiger partial charge in [0.05, 0.1) is 7.11 Å². The Bertz CT molecular complexity index is 1170. The number of carbonyl (C=O) groups excluding carboxylic acids is 1. The maximum absolute atomic E-state index is 12.3. The summed E-state index contributed by atoms with van der Waals surface area (Å²) in [5.74, 6) is 1.23. The Balaban J connectivity index is 1.46. The van der Waals surface area contributed by atoms with Gasteiger partial charge in [-0.1, -0.05) is 29.8 Å². The first-order valence-corrected chi connectivity index (χ1v) is 9.22. The first-order chi connectivity index (χ1) is 14.1. The fourth-order valence-electron chi connectivity index (χ4n) is 2.83. The van der Waals surface area contributed by atoms with Crippen molar-refractivity contribution in [1.82, 2.24) is 4.98 Å². The lowest BCUT2D eigenvalue weighted by molar-refractivity contribution is -0.118. The van der Waals surface area contributed by atoms with E-state index >= 15 is 0 Å². The van der Waals surface area contributed by atoms with Crippen LogP contribution in [0.2, 0.25) is 5.02 Å². The lowest BCUT2D eigenvalue weighted by atomic mass is 10.2. The molecule has 4 rings (SSSR count). The number of aromatic nitrogens is 1. The summed E-state index contributed by atoms with van der Waals surface area (Å²) in [5.41, 5.74) is 2.66. The number of oxazole rings is 1. The molecule has 0 bridgehead atoms. The molecule has 29 heavy (non-hydrogen) atoms. The minimum Gasteiger partial charge on any atom is -0.493 e. The number of anilines is 1. The Morgan fingerprint density at radius 2 is 1.90 bits per heavy atom. The zero-order valence-corrected chi connectivity index (χ0v) is 16.3. The van der Waals surface area contributed by atoms with Crippen molar-refractivity contribution in [3.63, 3.8) is 0 Å². The highest BCUT2D eigenvalue weighted by Crippen LogP contribution is 2.28. The van der Waals surface area contributed by atoms with Crippen molar-refractivity contribution in [2.45, 2.75) is 0 Å². The first-order valence-electron chi connectivity index (χ1n) is 8.84. The van der Waals surface area contributed by atoms with E-state index < -0.39 is 0 Å². The Morgan fingerprint density at radius 3 is 2.72 bits per heavy atom. The third kappa shape index (κ3) is 4.33. The molecule has 0 aliphatic rings. The number of methoxy groups -OCH3 is 1. The highest BCUT2D eigenvalue weighted by atomic mass is 35.5. The number of benzene rings is 3. The Hall–Kier alpha value is -3.51. The zero-order valence-electron chi connectivity index (χ0n) is 15.5. The summed E-state index contributed by atoms with van der Waals surface area (Å²) in [5, 5.41) is 3.40. The highest BCUT2D eigenvalue weighted by Gasteiger charge is 2.11. The Morgan fingerprint density at radius 1 is 1.07 bits per heavy atom. The van der Waals surface area contributed by atoms with E-state index in [0.29, 0.717) is 39.2 Å². The lowest BCUT2D eigenvalue weighted by Crippen LogP contribution is -2.20. The molecule has 0 unspecified atom stereocenters. The normalized spacial score (nSPS) is 10.7. The van der Waals surface area contributed by atoms with Crippen molar-refractivity contribution in [3.05, 3.63) is 71.8 Å². The van der Waals surface area contributed by atoms with Crippen LogP contribution in [0.25, 0.3) is 22.6 Å². The molecule has 1 heterocycles. The Kier molecular flexibility index (Phi) is 5.35. The topological polar surface area (TPSA) is 73.6 Å². The fourth-order valence-corrected chi connectivity index (χ4v) is 3.00. The highest BCUT2D eigenvalue weighted by molar-refractivity contribution is 6.31. The van der Waals surface area contributed by atoms with Crippen LogP contribution in [0.5, 0.6) is 11.5 Å². The molecular weight excluding hydrogens is 392 g/mol. The number of amides is 1. The van der Waals surface area contributed by atoms with Gasteiger partial charge >= 0.3 is 0 Å². The second-order valence-corrected chi connectivity index (χ2v) is 6.64. The molecular formula is C22H17ClN2O4. The molecule has 0 saturated heterocycles. The van der Waals surface area contributed by atoms with E-state index in [4.69, 9.17) is 25.5 Å². The predicted octanol–water partition coefficient (Wildman–Crippen LogP) is 5.17. The maximum atomic E-state index is 12.3. The van der Waals surface area contributed by atoms with Gasteiger partial charge in [-0.3, -0.25) is 4.79 Å². The molecule has 0 spiro atoms. The lowest BCUT2D eigenvalue weighted by Gasteiger charge is -2.10. The molecule has 3 aromatic carbocycles. The van der Waals surface area contributed by atoms with Crippen LogP contribution in [-0.2, 0) is 4.79 Å². The SMILES string of the molecule is COc1ccccc1OCC(=O)Nc1cccc(-c2nc3cc(Cl)ccc3o2)c1. The largest absolute Gasteiger partial charge is 0.493 e. The third-order valence-electron chi connectivity index (χ3n) is 4.17. The minimum absolute atomic E-state index is 0.147. The van der Waals surface area contributed by atoms with Crippen LogP contribution >= 0.6 is 11.6 Å². The average molecular weight is 409 g/mol. The molecule has 0 atom stereocenters. The van der Waals surface area contributed by atoms with Crippen LogP contribution in [0.15, 0.2) is 71.1 Å². The molecule has 1 amide bonds. The molecule has 0 aliphatic heterocycles. The summed E-state index contributed by atoms with van der Waals surface area (Å²) in [6.07, 6.45) is 0. The second-order valence-electron chi connectivity index (χ2n) is 6.20. The van der Waals surface area contributed by atoms with E-state index in [1.807, 2.05) is 24.3 Å². The van der Waals surface area contributed by atoms with Gasteiger partial charge in [-0.15, -0.1) is 0 Å². The van der Waals surface area contributed by atoms with Gasteiger partial charge in [0.1, 0.15) is 5.52 Å². The number of para-hydroxylation sites is 2. The van der Waals surface area contributed by atoms with Crippen molar-refractivity contribution < 1.29 is 18.7 Å². The predicted molar refractivity (Wildman–Crippen MR) is 112 cm³/mol. The number of carbonyl (C=O) groups is 1. The van der Waals surface area contributed by atoms with E-state index in [9.17, 15) is 4.79 Å². The number of rotatable bonds is 6. The zero-order chi connectivity index (χ0) is 20.2. The smallest absolute Gasteiger partial charge is 0.262 e. The second kappa shape index (κ2) is 8.24. The Labute approximate surface area is 172 Å². The standard InChI is InChI=1S/C22H17ClN2O4/c1-27-19-7-2-3-8-20(19)28-13-21(26)24-16-6-4-5-14(11-16)22-25-17-12-15(23)9-10-18(17)29-22/h2-12H,13H2,1H3,(H,24,26). The van der Waals surface area contributed by atoms with E-state index in [2.05, 4.69) is 10.3 Å². The number of nitrogens with zero attached hydrogens (tertiary/aromatic N) is 1. The van der Waals surface area contributed by atoms with E-state index in [-0.39, 0.29) is 12.5 Å². The maximum Gasteiger partial charge on any atom is 0.262 e. The molecule has 0 aliphatic carbocycles. The van der Waals surface area contributed by atoms with Crippen LogP contribution in [0, 0.1) is 0 Å². The van der Waals surface area contributed by atoms with Gasteiger partial charge in [-0.05, 0) is 48.5 Å². The van der Waals surface area contributed by atoms with Crippen molar-refractivity contribution >= 4 is 34.3 Å². The molecule has 4 aromatic rings. The van der Waals surface area contributed by atoms with E-state index in [1.54, 1.807) is 49.6 Å². The van der Waals surface area contributed by atoms with Gasteiger partial charge in [-0.2, -0.15) is 0 Å². The fraction of sp³-hybridized carbons (Fsp3) is 0.0909. The van der Waals surface area contributed by atoms with Gasteiger partial charge in [0.15, 0.2) is 23.7 Å². The van der Waals surface area contributed by atoms with Gasteiger partial charge < -0.3 is 19.2 Å². The summed E-state index contributed by atoms with van der Waals surface area (Å²) in [7, 11) is 1.55. The third-order valence-corrected chi connectivity index (χ3v) is 4.41. The van der Waals surface area contributed by atoms with Gasteiger partial charge in [0.2, 0.25) is 5.89 Å². The monoisotopic (exact) mass is 408 g/mol. The summed E-state index contributed by atoms with van der Waals surface area (Å²) in [4.78, 5) is 16.7. The van der Waals surface area contributed by atoms with Gasteiger partial charge in [0, 0.05) is 16.3 Å². The first kappa shape index (κ1) is 18.8. The molecule has 7 heteroatoms. The number of fused-ring (bicyclic) bond motifs is 1. The van der Waals surface area contributed by atoms with Crippen LogP contribution in [-0.4, -0.2) is 24.6 Å². The number of nitrogens with one attached hydrogen (secondary N) is 1. The van der Waals surface area contributed by atoms with Gasteiger partial charge in [0.25, 0.3) is 5.91 Å². The van der Waals surface area contributed by atoms with Crippen LogP contribution < -0.4 is 14.8 Å². The molecule has 1 N–H and O–H groups in total. The molecule has 0 fully saturated rings. The van der Waals surface area contributed by atoms with Crippen molar-refractivity contribution in [2.24, 2.45) is 0 Å². The average Bonchev–Trinajstić information content (AvgIpc) is 3.16. The van der Waals surface area contributed by atoms with Crippen LogP contribution in [0.4, 0.5) is 5.69 Å². The summed E-state index contributed by atoms with van der Waals surface area (Å²) < 4.78 is 16.5. The summed E-state index contributed by atoms with van der Waals surface area (Å²) in [6, 6.07) is 19.6. The molecule has 146 valence electrons. The van der Waals surface area contributed by atoms with Crippen molar-refractivity contribution in [2.75, 3.05) is 19.0 Å². The van der Waals surface area contributed by atoms with Crippen molar-refractivity contribution in [1.29, 1.82) is 0 Å². The number of ether oxygens (including phenoxy) is 2. The van der Waals surface area contributed by atoms with Crippen LogP contribution in [0.1, 0.15) is 0 Å². The summed E-state index contributed by atoms with van der Waals surface area (Å²) in [6.45, 7) is -0.147. The summed E-state index contributed by atoms with van der Waals surface area (Å²) >= 11 is 6.00. The molecule has 6 nitrogen and oxygen atoms in total. The number of halogens is 1. The number of hydrogen-bond donors (Lipinski definition) is 1. The quantitative estimate of drug-likeness (QED) is 0.476. The van der Waals surface area contributed by atoms with E-state index in [0.717, 1.165) is 5.56 Å². The van der Waals surface area contributed by atoms with E-state index in [1.165, 1.54) is 0 Å². The minimum atomic E-state index is -0.294. The molecule has 0 saturated carbocycles. The van der Waals surface area contributed by atoms with Crippen LogP contribution in [0.3, 0.4) is 0 Å². The number of hydrogen-bond acceptors (Lipinski definition) is 5.